The van der Waals surface area contributed by atoms with E-state index in [0.717, 1.165) is 0 Å². The smallest absolute Gasteiger partial charge is 0.185 e. The van der Waals surface area contributed by atoms with Crippen LogP contribution < -0.4 is 5.73 Å². The molecule has 1 aromatic heterocycles. The third-order valence-electron chi connectivity index (χ3n) is 1.45. The second-order valence-corrected chi connectivity index (χ2v) is 4.64. The Morgan fingerprint density at radius 2 is 2.53 bits per heavy atom. The van der Waals surface area contributed by atoms with E-state index in [4.69, 9.17) is 11.0 Å². The predicted molar refractivity (Wildman–Crippen MR) is 58.1 cm³/mol. The summed E-state index contributed by atoms with van der Waals surface area (Å²) in [5, 5.41) is 16.1. The van der Waals surface area contributed by atoms with Crippen molar-refractivity contribution in [2.45, 2.75) is 11.3 Å². The maximum absolute atomic E-state index is 11.5. The van der Waals surface area contributed by atoms with Crippen LogP contribution in [0.5, 0.6) is 0 Å². The minimum Gasteiger partial charge on any atom is -0.401 e. The Morgan fingerprint density at radius 3 is 3.00 bits per heavy atom. The lowest BCUT2D eigenvalue weighted by atomic mass is 10.2. The highest BCUT2D eigenvalue weighted by Crippen LogP contribution is 2.19. The fourth-order valence-corrected chi connectivity index (χ4v) is 2.16. The molecule has 1 heterocycles. The monoisotopic (exact) mass is 240 g/mol. The standard InChI is InChI=1S/C8H8N4OS2/c1-5(10)6(2-9)7(13)3-14-8-12-11-4-15-8/h4H,3,10H2,1H3. The third kappa shape index (κ3) is 3.34. The van der Waals surface area contributed by atoms with Crippen molar-refractivity contribution in [2.75, 3.05) is 5.75 Å². The minimum absolute atomic E-state index is 0.0204. The average molecular weight is 240 g/mol. The molecule has 78 valence electrons. The number of ketones is 1. The number of carbonyl (C=O) groups excluding carboxylic acids is 1. The molecule has 0 atom stereocenters. The largest absolute Gasteiger partial charge is 0.401 e. The zero-order chi connectivity index (χ0) is 11.3. The number of nitrogens with zero attached hydrogens (tertiary/aromatic N) is 3. The van der Waals surface area contributed by atoms with Crippen molar-refractivity contribution in [3.63, 3.8) is 0 Å². The fourth-order valence-electron chi connectivity index (χ4n) is 0.796. The molecule has 0 radical (unpaired) electrons. The summed E-state index contributed by atoms with van der Waals surface area (Å²) in [7, 11) is 0. The van der Waals surface area contributed by atoms with Gasteiger partial charge in [0.25, 0.3) is 0 Å². The Labute approximate surface area is 95.0 Å². The molecule has 0 fully saturated rings. The van der Waals surface area contributed by atoms with Crippen LogP contribution in [-0.4, -0.2) is 21.7 Å². The summed E-state index contributed by atoms with van der Waals surface area (Å²) in [6.45, 7) is 1.53. The number of allylic oxidation sites excluding steroid dienone is 2. The number of hydrogen-bond acceptors (Lipinski definition) is 7. The Hall–Kier alpha value is -1.39. The van der Waals surface area contributed by atoms with E-state index in [-0.39, 0.29) is 22.8 Å². The van der Waals surface area contributed by atoms with Crippen LogP contribution in [0.25, 0.3) is 0 Å². The summed E-state index contributed by atoms with van der Waals surface area (Å²) in [5.41, 5.74) is 7.25. The summed E-state index contributed by atoms with van der Waals surface area (Å²) >= 11 is 2.60. The van der Waals surface area contributed by atoms with E-state index in [9.17, 15) is 4.79 Å². The van der Waals surface area contributed by atoms with Gasteiger partial charge in [0.05, 0.1) is 5.75 Å². The van der Waals surface area contributed by atoms with Gasteiger partial charge >= 0.3 is 0 Å². The number of rotatable bonds is 4. The lowest BCUT2D eigenvalue weighted by Crippen LogP contribution is -2.10. The molecular weight excluding hydrogens is 232 g/mol. The van der Waals surface area contributed by atoms with Crippen molar-refractivity contribution >= 4 is 28.9 Å². The first-order valence-corrected chi connectivity index (χ1v) is 5.80. The molecule has 2 N–H and O–H groups in total. The average Bonchev–Trinajstić information content (AvgIpc) is 2.67. The number of Topliss-reactive ketones (excluding diaryl/α,β-unsaturated/α-hetero) is 1. The van der Waals surface area contributed by atoms with Crippen LogP contribution in [0.1, 0.15) is 6.92 Å². The van der Waals surface area contributed by atoms with Crippen LogP contribution in [0.2, 0.25) is 0 Å². The highest BCUT2D eigenvalue weighted by atomic mass is 32.2. The number of hydrogen-bond donors (Lipinski definition) is 1. The van der Waals surface area contributed by atoms with Crippen molar-refractivity contribution in [3.05, 3.63) is 16.8 Å². The fraction of sp³-hybridized carbons (Fsp3) is 0.250. The summed E-state index contributed by atoms with van der Waals surface area (Å²) in [6, 6.07) is 1.79. The SMILES string of the molecule is CC(N)=C(C#N)C(=O)CSc1nncs1. The van der Waals surface area contributed by atoms with Crippen LogP contribution in [0.15, 0.2) is 21.1 Å². The van der Waals surface area contributed by atoms with E-state index >= 15 is 0 Å². The Morgan fingerprint density at radius 1 is 1.80 bits per heavy atom. The van der Waals surface area contributed by atoms with E-state index in [0.29, 0.717) is 4.34 Å². The quantitative estimate of drug-likeness (QED) is 0.478. The molecule has 0 aliphatic heterocycles. The highest BCUT2D eigenvalue weighted by Gasteiger charge is 2.12. The predicted octanol–water partition coefficient (Wildman–Crippen LogP) is 0.956. The van der Waals surface area contributed by atoms with Crippen molar-refractivity contribution in [2.24, 2.45) is 5.73 Å². The van der Waals surface area contributed by atoms with Gasteiger partial charge in [-0.15, -0.1) is 10.2 Å². The van der Waals surface area contributed by atoms with E-state index in [1.807, 2.05) is 0 Å². The molecule has 5 nitrogen and oxygen atoms in total. The number of nitrogens with two attached hydrogens (primary N) is 1. The molecule has 0 aliphatic carbocycles. The van der Waals surface area contributed by atoms with E-state index in [1.54, 1.807) is 11.6 Å². The highest BCUT2D eigenvalue weighted by molar-refractivity contribution is 8.01. The van der Waals surface area contributed by atoms with Crippen molar-refractivity contribution < 1.29 is 4.79 Å². The molecule has 0 bridgehead atoms. The number of nitriles is 1. The normalized spacial score (nSPS) is 11.7. The number of aromatic nitrogens is 2. The first-order valence-electron chi connectivity index (χ1n) is 3.93. The molecule has 0 saturated heterocycles. The first-order chi connectivity index (χ1) is 7.15. The van der Waals surface area contributed by atoms with Crippen molar-refractivity contribution in [3.8, 4) is 6.07 Å². The molecule has 0 aromatic carbocycles. The molecule has 0 amide bonds. The van der Waals surface area contributed by atoms with Gasteiger partial charge < -0.3 is 5.73 Å². The third-order valence-corrected chi connectivity index (χ3v) is 3.31. The molecule has 0 spiro atoms. The summed E-state index contributed by atoms with van der Waals surface area (Å²) in [6.07, 6.45) is 0. The van der Waals surface area contributed by atoms with Crippen LogP contribution in [0.3, 0.4) is 0 Å². The van der Waals surface area contributed by atoms with Crippen molar-refractivity contribution in [1.82, 2.24) is 10.2 Å². The molecule has 15 heavy (non-hydrogen) atoms. The van der Waals surface area contributed by atoms with Gasteiger partial charge in [0.2, 0.25) is 0 Å². The lowest BCUT2D eigenvalue weighted by Gasteiger charge is -1.98. The van der Waals surface area contributed by atoms with E-state index in [1.165, 1.54) is 30.0 Å². The second kappa shape index (κ2) is 5.48. The van der Waals surface area contributed by atoms with Gasteiger partial charge in [-0.2, -0.15) is 5.26 Å². The minimum atomic E-state index is -0.280. The second-order valence-electron chi connectivity index (χ2n) is 2.59. The summed E-state index contributed by atoms with van der Waals surface area (Å²) in [4.78, 5) is 11.5. The summed E-state index contributed by atoms with van der Waals surface area (Å²) < 4.78 is 0.704. The van der Waals surface area contributed by atoms with Gasteiger partial charge in [-0.3, -0.25) is 4.79 Å². The topological polar surface area (TPSA) is 92.7 Å². The van der Waals surface area contributed by atoms with Crippen LogP contribution in [0, 0.1) is 11.3 Å². The zero-order valence-corrected chi connectivity index (χ0v) is 9.56. The van der Waals surface area contributed by atoms with Crippen LogP contribution in [-0.2, 0) is 4.79 Å². The molecule has 1 rings (SSSR count). The first kappa shape index (κ1) is 11.7. The van der Waals surface area contributed by atoms with Gasteiger partial charge in [0.1, 0.15) is 17.2 Å². The maximum Gasteiger partial charge on any atom is 0.185 e. The molecule has 7 heteroatoms. The molecule has 1 aromatic rings. The number of carbonyl (C=O) groups is 1. The molecule has 0 unspecified atom stereocenters. The lowest BCUT2D eigenvalue weighted by molar-refractivity contribution is -0.112. The zero-order valence-electron chi connectivity index (χ0n) is 7.93. The summed E-state index contributed by atoms with van der Waals surface area (Å²) in [5.74, 6) is -0.121. The van der Waals surface area contributed by atoms with Gasteiger partial charge in [-0.25, -0.2) is 0 Å². The van der Waals surface area contributed by atoms with Crippen LogP contribution >= 0.6 is 23.1 Å². The molecular formula is C8H8N4OS2. The van der Waals surface area contributed by atoms with Gasteiger partial charge in [0, 0.05) is 5.70 Å². The molecule has 0 saturated carbocycles. The Balaban J connectivity index is 2.58. The van der Waals surface area contributed by atoms with Gasteiger partial charge in [0.15, 0.2) is 10.1 Å². The van der Waals surface area contributed by atoms with Crippen molar-refractivity contribution in [1.29, 1.82) is 5.26 Å². The molecule has 0 aliphatic rings. The van der Waals surface area contributed by atoms with Gasteiger partial charge in [-0.05, 0) is 6.92 Å². The number of thioether (sulfide) groups is 1. The maximum atomic E-state index is 11.5. The van der Waals surface area contributed by atoms with Crippen LogP contribution in [0.4, 0.5) is 0 Å². The Bertz CT molecular complexity index is 414. The van der Waals surface area contributed by atoms with Gasteiger partial charge in [-0.1, -0.05) is 23.1 Å². The Kier molecular flexibility index (Phi) is 4.27. The van der Waals surface area contributed by atoms with E-state index < -0.39 is 0 Å². The van der Waals surface area contributed by atoms with E-state index in [2.05, 4.69) is 10.2 Å².